The van der Waals surface area contributed by atoms with Crippen LogP contribution in [0.15, 0.2) is 71.2 Å². The number of anilines is 1. The fourth-order valence-corrected chi connectivity index (χ4v) is 3.56. The van der Waals surface area contributed by atoms with Gasteiger partial charge in [0.2, 0.25) is 5.91 Å². The van der Waals surface area contributed by atoms with Crippen LogP contribution >= 0.6 is 15.9 Å². The average molecular weight is 514 g/mol. The van der Waals surface area contributed by atoms with Crippen molar-refractivity contribution >= 4 is 33.6 Å². The van der Waals surface area contributed by atoms with Crippen molar-refractivity contribution in [3.8, 4) is 17.2 Å². The predicted octanol–water partition coefficient (Wildman–Crippen LogP) is 6.61. The van der Waals surface area contributed by atoms with Crippen LogP contribution in [0.25, 0.3) is 6.08 Å². The number of benzene rings is 3. The Bertz CT molecular complexity index is 1130. The van der Waals surface area contributed by atoms with E-state index in [1.165, 1.54) is 19.3 Å². The SMILES string of the molecule is COc1cc(/C=C/C(=O)Nc2ccc(OC(C)C)cc2)cc(Br)c1OCc1ccccc1F. The maximum Gasteiger partial charge on any atom is 0.248 e. The summed E-state index contributed by atoms with van der Waals surface area (Å²) in [5.74, 6) is 1.04. The first-order valence-corrected chi connectivity index (χ1v) is 11.1. The Morgan fingerprint density at radius 3 is 2.52 bits per heavy atom. The van der Waals surface area contributed by atoms with Crippen LogP contribution in [0.4, 0.5) is 10.1 Å². The molecule has 0 spiro atoms. The zero-order valence-corrected chi connectivity index (χ0v) is 20.2. The van der Waals surface area contributed by atoms with Gasteiger partial charge in [0.25, 0.3) is 0 Å². The van der Waals surface area contributed by atoms with Crippen LogP contribution in [0, 0.1) is 5.82 Å². The van der Waals surface area contributed by atoms with Crippen LogP contribution in [-0.4, -0.2) is 19.1 Å². The summed E-state index contributed by atoms with van der Waals surface area (Å²) in [4.78, 5) is 12.3. The Morgan fingerprint density at radius 1 is 1.12 bits per heavy atom. The Kier molecular flexibility index (Phi) is 8.49. The number of halogens is 2. The highest BCUT2D eigenvalue weighted by molar-refractivity contribution is 9.10. The normalized spacial score (nSPS) is 11.0. The Balaban J connectivity index is 1.66. The minimum atomic E-state index is -0.333. The van der Waals surface area contributed by atoms with Gasteiger partial charge in [0.1, 0.15) is 18.2 Å². The molecule has 3 aromatic carbocycles. The number of amides is 1. The van der Waals surface area contributed by atoms with Crippen LogP contribution in [-0.2, 0) is 11.4 Å². The topological polar surface area (TPSA) is 56.8 Å². The minimum Gasteiger partial charge on any atom is -0.493 e. The van der Waals surface area contributed by atoms with Gasteiger partial charge in [-0.25, -0.2) is 4.39 Å². The van der Waals surface area contributed by atoms with E-state index in [-0.39, 0.29) is 24.4 Å². The number of carbonyl (C=O) groups excluding carboxylic acids is 1. The molecule has 0 fully saturated rings. The third kappa shape index (κ3) is 7.08. The summed E-state index contributed by atoms with van der Waals surface area (Å²) < 4.78 is 31.3. The molecule has 0 heterocycles. The lowest BCUT2D eigenvalue weighted by atomic mass is 10.1. The molecular weight excluding hydrogens is 489 g/mol. The quantitative estimate of drug-likeness (QED) is 0.327. The van der Waals surface area contributed by atoms with E-state index >= 15 is 0 Å². The molecule has 0 saturated heterocycles. The largest absolute Gasteiger partial charge is 0.493 e. The molecule has 0 aliphatic carbocycles. The zero-order valence-electron chi connectivity index (χ0n) is 18.6. The van der Waals surface area contributed by atoms with Gasteiger partial charge in [0.05, 0.1) is 17.7 Å². The number of methoxy groups -OCH3 is 1. The van der Waals surface area contributed by atoms with Crippen molar-refractivity contribution in [2.45, 2.75) is 26.6 Å². The average Bonchev–Trinajstić information content (AvgIpc) is 2.78. The zero-order chi connectivity index (χ0) is 23.8. The van der Waals surface area contributed by atoms with Crippen LogP contribution in [0.5, 0.6) is 17.2 Å². The molecule has 0 unspecified atom stereocenters. The van der Waals surface area contributed by atoms with Gasteiger partial charge in [-0.05, 0) is 83.9 Å². The first-order chi connectivity index (χ1) is 15.9. The molecule has 0 bridgehead atoms. The highest BCUT2D eigenvalue weighted by Gasteiger charge is 2.12. The van der Waals surface area contributed by atoms with Crippen LogP contribution < -0.4 is 19.5 Å². The lowest BCUT2D eigenvalue weighted by molar-refractivity contribution is -0.111. The first kappa shape index (κ1) is 24.3. The fraction of sp³-hybridized carbons (Fsp3) is 0.192. The highest BCUT2D eigenvalue weighted by atomic mass is 79.9. The molecule has 0 saturated carbocycles. The van der Waals surface area contributed by atoms with Gasteiger partial charge in [-0.2, -0.15) is 0 Å². The van der Waals surface area contributed by atoms with E-state index in [1.54, 1.807) is 60.7 Å². The lowest BCUT2D eigenvalue weighted by Crippen LogP contribution is -2.08. The number of rotatable bonds is 9. The molecule has 1 N–H and O–H groups in total. The van der Waals surface area contributed by atoms with E-state index in [1.807, 2.05) is 13.8 Å². The van der Waals surface area contributed by atoms with Crippen LogP contribution in [0.1, 0.15) is 25.0 Å². The summed E-state index contributed by atoms with van der Waals surface area (Å²) in [6, 6.07) is 17.1. The molecule has 0 aliphatic heterocycles. The second-order valence-corrected chi connectivity index (χ2v) is 8.28. The van der Waals surface area contributed by atoms with Gasteiger partial charge in [0.15, 0.2) is 11.5 Å². The third-order valence-corrected chi connectivity index (χ3v) is 5.09. The molecule has 0 atom stereocenters. The van der Waals surface area contributed by atoms with E-state index in [2.05, 4.69) is 21.2 Å². The summed E-state index contributed by atoms with van der Waals surface area (Å²) in [5, 5.41) is 2.81. The van der Waals surface area contributed by atoms with Crippen molar-refractivity contribution in [2.24, 2.45) is 0 Å². The van der Waals surface area contributed by atoms with E-state index in [9.17, 15) is 9.18 Å². The fourth-order valence-electron chi connectivity index (χ4n) is 2.99. The monoisotopic (exact) mass is 513 g/mol. The highest BCUT2D eigenvalue weighted by Crippen LogP contribution is 2.37. The van der Waals surface area contributed by atoms with Gasteiger partial charge in [-0.15, -0.1) is 0 Å². The van der Waals surface area contributed by atoms with Crippen LogP contribution in [0.3, 0.4) is 0 Å². The summed E-state index contributed by atoms with van der Waals surface area (Å²) >= 11 is 3.47. The molecular formula is C26H25BrFNO4. The molecule has 7 heteroatoms. The standard InChI is InChI=1S/C26H25BrFNO4/c1-17(2)33-21-11-9-20(10-12-21)29-25(30)13-8-18-14-22(27)26(24(15-18)31-3)32-16-19-6-4-5-7-23(19)28/h4-15,17H,16H2,1-3H3,(H,29,30)/b13-8+. The summed E-state index contributed by atoms with van der Waals surface area (Å²) in [7, 11) is 1.52. The summed E-state index contributed by atoms with van der Waals surface area (Å²) in [6.45, 7) is 3.96. The summed E-state index contributed by atoms with van der Waals surface area (Å²) in [5.41, 5.74) is 1.83. The number of nitrogens with one attached hydrogen (secondary N) is 1. The molecule has 172 valence electrons. The van der Waals surface area contributed by atoms with E-state index in [4.69, 9.17) is 14.2 Å². The second-order valence-electron chi connectivity index (χ2n) is 7.43. The van der Waals surface area contributed by atoms with Gasteiger partial charge in [-0.1, -0.05) is 18.2 Å². The lowest BCUT2D eigenvalue weighted by Gasteiger charge is -2.14. The van der Waals surface area contributed by atoms with Crippen molar-refractivity contribution in [1.29, 1.82) is 0 Å². The van der Waals surface area contributed by atoms with E-state index in [0.717, 1.165) is 11.3 Å². The van der Waals surface area contributed by atoms with Crippen molar-refractivity contribution in [1.82, 2.24) is 0 Å². The Morgan fingerprint density at radius 2 is 1.85 bits per heavy atom. The third-order valence-electron chi connectivity index (χ3n) is 4.50. The molecule has 0 aromatic heterocycles. The molecule has 3 aromatic rings. The van der Waals surface area contributed by atoms with Gasteiger partial charge < -0.3 is 19.5 Å². The number of carbonyl (C=O) groups is 1. The molecule has 1 amide bonds. The second kappa shape index (κ2) is 11.5. The maximum absolute atomic E-state index is 13.9. The molecule has 3 rings (SSSR count). The van der Waals surface area contributed by atoms with Crippen molar-refractivity contribution in [3.63, 3.8) is 0 Å². The predicted molar refractivity (Wildman–Crippen MR) is 131 cm³/mol. The minimum absolute atomic E-state index is 0.0558. The van der Waals surface area contributed by atoms with Crippen molar-refractivity contribution in [2.75, 3.05) is 12.4 Å². The molecule has 0 radical (unpaired) electrons. The number of ether oxygens (including phenoxy) is 3. The first-order valence-electron chi connectivity index (χ1n) is 10.3. The van der Waals surface area contributed by atoms with Crippen molar-refractivity contribution < 1.29 is 23.4 Å². The van der Waals surface area contributed by atoms with Gasteiger partial charge in [0, 0.05) is 17.3 Å². The maximum atomic E-state index is 13.9. The summed E-state index contributed by atoms with van der Waals surface area (Å²) in [6.07, 6.45) is 3.18. The Hall–Kier alpha value is -3.32. The number of hydrogen-bond donors (Lipinski definition) is 1. The van der Waals surface area contributed by atoms with Crippen molar-refractivity contribution in [3.05, 3.63) is 88.2 Å². The molecule has 0 aliphatic rings. The molecule has 33 heavy (non-hydrogen) atoms. The van der Waals surface area contributed by atoms with Gasteiger partial charge in [-0.3, -0.25) is 4.79 Å². The molecule has 5 nitrogen and oxygen atoms in total. The van der Waals surface area contributed by atoms with E-state index in [0.29, 0.717) is 27.2 Å². The Labute approximate surface area is 201 Å². The number of hydrogen-bond acceptors (Lipinski definition) is 4. The van der Waals surface area contributed by atoms with Gasteiger partial charge >= 0.3 is 0 Å². The van der Waals surface area contributed by atoms with E-state index < -0.39 is 0 Å². The smallest absolute Gasteiger partial charge is 0.248 e. The van der Waals surface area contributed by atoms with Crippen LogP contribution in [0.2, 0.25) is 0 Å².